The lowest BCUT2D eigenvalue weighted by Gasteiger charge is -2.35. The summed E-state index contributed by atoms with van der Waals surface area (Å²) in [6, 6.07) is 0. The van der Waals surface area contributed by atoms with Gasteiger partial charge >= 0.3 is 5.97 Å². The van der Waals surface area contributed by atoms with Crippen molar-refractivity contribution in [1.29, 1.82) is 0 Å². The molecule has 0 aliphatic rings. The molecule has 0 heterocycles. The SMILES string of the molecule is CCC(CC)C(C)C(=O)NC(C)(CC(=O)O)C(C)C. The van der Waals surface area contributed by atoms with Crippen LogP contribution in [0.5, 0.6) is 0 Å². The molecule has 0 saturated carbocycles. The van der Waals surface area contributed by atoms with Gasteiger partial charge in [-0.2, -0.15) is 0 Å². The molecule has 0 aliphatic carbocycles. The normalized spacial score (nSPS) is 16.2. The molecule has 0 aromatic heterocycles. The summed E-state index contributed by atoms with van der Waals surface area (Å²) in [4.78, 5) is 23.3. The zero-order valence-corrected chi connectivity index (χ0v) is 13.1. The maximum atomic E-state index is 12.3. The third-order valence-electron chi connectivity index (χ3n) is 4.37. The molecule has 0 bridgehead atoms. The van der Waals surface area contributed by atoms with E-state index in [1.807, 2.05) is 27.7 Å². The number of aliphatic carboxylic acids is 1. The van der Waals surface area contributed by atoms with Gasteiger partial charge in [-0.3, -0.25) is 9.59 Å². The maximum Gasteiger partial charge on any atom is 0.305 e. The molecule has 0 aromatic rings. The molecular formula is C15H29NO3. The second-order valence-corrected chi connectivity index (χ2v) is 6.00. The van der Waals surface area contributed by atoms with Crippen LogP contribution in [0.4, 0.5) is 0 Å². The van der Waals surface area contributed by atoms with Gasteiger partial charge in [-0.05, 0) is 18.8 Å². The minimum absolute atomic E-state index is 0.0360. The Morgan fingerprint density at radius 3 is 1.95 bits per heavy atom. The Bertz CT molecular complexity index is 311. The highest BCUT2D eigenvalue weighted by Gasteiger charge is 2.34. The number of carboxylic acids is 1. The highest BCUT2D eigenvalue weighted by molar-refractivity contribution is 5.80. The largest absolute Gasteiger partial charge is 0.481 e. The second kappa shape index (κ2) is 7.51. The van der Waals surface area contributed by atoms with Gasteiger partial charge in [-0.25, -0.2) is 0 Å². The summed E-state index contributed by atoms with van der Waals surface area (Å²) in [6.07, 6.45) is 1.87. The predicted octanol–water partition coefficient (Wildman–Crippen LogP) is 3.06. The van der Waals surface area contributed by atoms with Crippen molar-refractivity contribution in [2.45, 2.75) is 66.3 Å². The van der Waals surface area contributed by atoms with E-state index in [1.165, 1.54) is 0 Å². The monoisotopic (exact) mass is 271 g/mol. The topological polar surface area (TPSA) is 66.4 Å². The van der Waals surface area contributed by atoms with Gasteiger partial charge < -0.3 is 10.4 Å². The molecule has 2 unspecified atom stereocenters. The van der Waals surface area contributed by atoms with Crippen molar-refractivity contribution in [3.05, 3.63) is 0 Å². The minimum Gasteiger partial charge on any atom is -0.481 e. The summed E-state index contributed by atoms with van der Waals surface area (Å²) in [6.45, 7) is 11.8. The number of rotatable bonds is 8. The number of carbonyl (C=O) groups excluding carboxylic acids is 1. The molecule has 0 fully saturated rings. The summed E-state index contributed by atoms with van der Waals surface area (Å²) >= 11 is 0. The standard InChI is InChI=1S/C15H29NO3/c1-7-12(8-2)11(5)14(19)16-15(6,10(3)4)9-13(17)18/h10-12H,7-9H2,1-6H3,(H,16,19)(H,17,18). The van der Waals surface area contributed by atoms with Crippen LogP contribution in [0.3, 0.4) is 0 Å². The molecule has 0 aliphatic heterocycles. The second-order valence-electron chi connectivity index (χ2n) is 6.00. The van der Waals surface area contributed by atoms with Gasteiger partial charge in [0.2, 0.25) is 5.91 Å². The van der Waals surface area contributed by atoms with Crippen LogP contribution in [0.15, 0.2) is 0 Å². The Balaban J connectivity index is 4.86. The fraction of sp³-hybridized carbons (Fsp3) is 0.867. The maximum absolute atomic E-state index is 12.3. The molecule has 0 rings (SSSR count). The third-order valence-corrected chi connectivity index (χ3v) is 4.37. The molecule has 4 heteroatoms. The molecule has 0 saturated heterocycles. The van der Waals surface area contributed by atoms with Crippen LogP contribution in [0.1, 0.15) is 60.8 Å². The third kappa shape index (κ3) is 5.21. The number of nitrogens with one attached hydrogen (secondary N) is 1. The van der Waals surface area contributed by atoms with Gasteiger partial charge in [-0.1, -0.05) is 47.5 Å². The molecule has 1 amide bonds. The van der Waals surface area contributed by atoms with Gasteiger partial charge in [0.05, 0.1) is 6.42 Å². The zero-order chi connectivity index (χ0) is 15.2. The average molecular weight is 271 g/mol. The van der Waals surface area contributed by atoms with Crippen molar-refractivity contribution in [1.82, 2.24) is 5.32 Å². The Labute approximate surface area is 117 Å². The van der Waals surface area contributed by atoms with Crippen LogP contribution in [-0.2, 0) is 9.59 Å². The first-order valence-electron chi connectivity index (χ1n) is 7.21. The van der Waals surface area contributed by atoms with E-state index >= 15 is 0 Å². The number of hydrogen-bond acceptors (Lipinski definition) is 2. The van der Waals surface area contributed by atoms with Crippen molar-refractivity contribution < 1.29 is 14.7 Å². The molecular weight excluding hydrogens is 242 g/mol. The summed E-state index contributed by atoms with van der Waals surface area (Å²) in [7, 11) is 0. The lowest BCUT2D eigenvalue weighted by Crippen LogP contribution is -2.53. The first-order valence-corrected chi connectivity index (χ1v) is 7.21. The van der Waals surface area contributed by atoms with Crippen molar-refractivity contribution in [2.24, 2.45) is 17.8 Å². The van der Waals surface area contributed by atoms with E-state index in [0.717, 1.165) is 12.8 Å². The van der Waals surface area contributed by atoms with Crippen molar-refractivity contribution >= 4 is 11.9 Å². The fourth-order valence-corrected chi connectivity index (χ4v) is 2.31. The fourth-order valence-electron chi connectivity index (χ4n) is 2.31. The van der Waals surface area contributed by atoms with E-state index in [0.29, 0.717) is 5.92 Å². The first-order chi connectivity index (χ1) is 8.67. The van der Waals surface area contributed by atoms with Crippen molar-refractivity contribution in [3.63, 3.8) is 0 Å². The van der Waals surface area contributed by atoms with E-state index in [-0.39, 0.29) is 24.2 Å². The molecule has 112 valence electrons. The molecule has 0 radical (unpaired) electrons. The number of hydrogen-bond donors (Lipinski definition) is 2. The highest BCUT2D eigenvalue weighted by Crippen LogP contribution is 2.24. The number of amides is 1. The summed E-state index contributed by atoms with van der Waals surface area (Å²) in [5, 5.41) is 12.0. The summed E-state index contributed by atoms with van der Waals surface area (Å²) in [5.74, 6) is -0.581. The Kier molecular flexibility index (Phi) is 7.09. The van der Waals surface area contributed by atoms with E-state index in [2.05, 4.69) is 19.2 Å². The molecule has 4 nitrogen and oxygen atoms in total. The van der Waals surface area contributed by atoms with Crippen molar-refractivity contribution in [3.8, 4) is 0 Å². The number of carbonyl (C=O) groups is 2. The molecule has 0 aromatic carbocycles. The van der Waals surface area contributed by atoms with E-state index < -0.39 is 11.5 Å². The Morgan fingerprint density at radius 2 is 1.63 bits per heavy atom. The predicted molar refractivity (Wildman–Crippen MR) is 76.9 cm³/mol. The van der Waals surface area contributed by atoms with Crippen LogP contribution in [0.25, 0.3) is 0 Å². The Morgan fingerprint density at radius 1 is 1.16 bits per heavy atom. The smallest absolute Gasteiger partial charge is 0.305 e. The first kappa shape index (κ1) is 17.9. The highest BCUT2D eigenvalue weighted by atomic mass is 16.4. The van der Waals surface area contributed by atoms with Gasteiger partial charge in [0, 0.05) is 11.5 Å². The van der Waals surface area contributed by atoms with E-state index in [1.54, 1.807) is 0 Å². The number of carboxylic acid groups (broad SMARTS) is 1. The van der Waals surface area contributed by atoms with E-state index in [4.69, 9.17) is 5.11 Å². The van der Waals surface area contributed by atoms with E-state index in [9.17, 15) is 9.59 Å². The lowest BCUT2D eigenvalue weighted by molar-refractivity contribution is -0.140. The molecule has 19 heavy (non-hydrogen) atoms. The van der Waals surface area contributed by atoms with Crippen LogP contribution in [0, 0.1) is 17.8 Å². The summed E-state index contributed by atoms with van der Waals surface area (Å²) in [5.41, 5.74) is -0.691. The van der Waals surface area contributed by atoms with Crippen LogP contribution >= 0.6 is 0 Å². The van der Waals surface area contributed by atoms with Crippen LogP contribution in [0.2, 0.25) is 0 Å². The summed E-state index contributed by atoms with van der Waals surface area (Å²) < 4.78 is 0. The molecule has 2 atom stereocenters. The van der Waals surface area contributed by atoms with Crippen LogP contribution in [-0.4, -0.2) is 22.5 Å². The van der Waals surface area contributed by atoms with Crippen molar-refractivity contribution in [2.75, 3.05) is 0 Å². The lowest BCUT2D eigenvalue weighted by atomic mass is 9.83. The van der Waals surface area contributed by atoms with Gasteiger partial charge in [0.25, 0.3) is 0 Å². The van der Waals surface area contributed by atoms with Gasteiger partial charge in [-0.15, -0.1) is 0 Å². The van der Waals surface area contributed by atoms with Crippen LogP contribution < -0.4 is 5.32 Å². The van der Waals surface area contributed by atoms with Gasteiger partial charge in [0.15, 0.2) is 0 Å². The average Bonchev–Trinajstić information content (AvgIpc) is 2.28. The molecule has 2 N–H and O–H groups in total. The minimum atomic E-state index is -0.883. The molecule has 0 spiro atoms. The zero-order valence-electron chi connectivity index (χ0n) is 13.1. The Hall–Kier alpha value is -1.06. The van der Waals surface area contributed by atoms with Gasteiger partial charge in [0.1, 0.15) is 0 Å². The quantitative estimate of drug-likeness (QED) is 0.713.